The van der Waals surface area contributed by atoms with Crippen molar-refractivity contribution in [1.29, 1.82) is 0 Å². The van der Waals surface area contributed by atoms with Crippen molar-refractivity contribution >= 4 is 11.8 Å². The highest BCUT2D eigenvalue weighted by Gasteiger charge is 2.06. The fourth-order valence-corrected chi connectivity index (χ4v) is 2.40. The largest absolute Gasteiger partial charge is 0.339 e. The molecule has 7 heteroatoms. The van der Waals surface area contributed by atoms with Gasteiger partial charge in [-0.25, -0.2) is 0 Å². The van der Waals surface area contributed by atoms with Crippen LogP contribution in [0.3, 0.4) is 0 Å². The number of hydrogen-bond acceptors (Lipinski definition) is 5. The average Bonchev–Trinajstić information content (AvgIpc) is 2.44. The van der Waals surface area contributed by atoms with Crippen molar-refractivity contribution in [2.24, 2.45) is 7.05 Å². The molecule has 2 aromatic rings. The molecule has 0 aliphatic carbocycles. The van der Waals surface area contributed by atoms with Gasteiger partial charge in [0.25, 0.3) is 0 Å². The predicted octanol–water partition coefficient (Wildman–Crippen LogP) is 0.729. The maximum atomic E-state index is 11.3. The molecule has 0 saturated carbocycles. The highest BCUT2D eigenvalue weighted by Crippen LogP contribution is 2.24. The fraction of sp³-hybridized carbons (Fsp3) is 0.308. The van der Waals surface area contributed by atoms with Crippen LogP contribution in [0.15, 0.2) is 43.9 Å². The van der Waals surface area contributed by atoms with Crippen LogP contribution < -0.4 is 16.4 Å². The van der Waals surface area contributed by atoms with Gasteiger partial charge in [-0.05, 0) is 24.2 Å². The lowest BCUT2D eigenvalue weighted by atomic mass is 10.2. The van der Waals surface area contributed by atoms with Gasteiger partial charge in [0.05, 0.1) is 0 Å². The van der Waals surface area contributed by atoms with Crippen LogP contribution in [0.2, 0.25) is 0 Å². The summed E-state index contributed by atoms with van der Waals surface area (Å²) in [6, 6.07) is 7.98. The molecule has 1 heterocycles. The topological polar surface area (TPSA) is 79.8 Å². The summed E-state index contributed by atoms with van der Waals surface area (Å²) < 4.78 is 1.45. The molecule has 0 saturated heterocycles. The summed E-state index contributed by atoms with van der Waals surface area (Å²) in [5, 5.41) is 6.13. The van der Waals surface area contributed by atoms with Crippen LogP contribution in [-0.2, 0) is 13.6 Å². The number of nitrogens with one attached hydrogen (secondary N) is 2. The fourth-order valence-electron chi connectivity index (χ4n) is 1.60. The maximum absolute atomic E-state index is 11.3. The Morgan fingerprint density at radius 3 is 2.65 bits per heavy atom. The first-order valence-electron chi connectivity index (χ1n) is 6.25. The standard InChI is InChI=1S/C13H16N4O2S/c1-3-14-8-9-4-6-10(7-5-9)20-13-15-11(18)12(19)16-17(13)2/h4-7,14H,3,8H2,1-2H3,(H,16,19). The number of aromatic amines is 1. The van der Waals surface area contributed by atoms with Gasteiger partial charge < -0.3 is 5.32 Å². The Hall–Kier alpha value is -1.86. The monoisotopic (exact) mass is 292 g/mol. The molecule has 0 amide bonds. The normalized spacial score (nSPS) is 10.7. The summed E-state index contributed by atoms with van der Waals surface area (Å²) in [4.78, 5) is 27.1. The summed E-state index contributed by atoms with van der Waals surface area (Å²) in [5.41, 5.74) is -0.285. The molecule has 2 rings (SSSR count). The zero-order valence-corrected chi connectivity index (χ0v) is 12.2. The lowest BCUT2D eigenvalue weighted by Gasteiger charge is -2.07. The lowest BCUT2D eigenvalue weighted by molar-refractivity contribution is 0.596. The molecule has 0 spiro atoms. The zero-order valence-electron chi connectivity index (χ0n) is 11.3. The minimum absolute atomic E-state index is 0.453. The highest BCUT2D eigenvalue weighted by molar-refractivity contribution is 7.99. The Balaban J connectivity index is 2.16. The average molecular weight is 292 g/mol. The van der Waals surface area contributed by atoms with E-state index in [9.17, 15) is 9.59 Å². The number of rotatable bonds is 5. The molecule has 20 heavy (non-hydrogen) atoms. The van der Waals surface area contributed by atoms with Crippen LogP contribution in [0.4, 0.5) is 0 Å². The highest BCUT2D eigenvalue weighted by atomic mass is 32.2. The number of aromatic nitrogens is 3. The van der Waals surface area contributed by atoms with Crippen LogP contribution in [-0.4, -0.2) is 21.3 Å². The van der Waals surface area contributed by atoms with E-state index in [1.807, 2.05) is 24.3 Å². The Kier molecular flexibility index (Phi) is 4.75. The summed E-state index contributed by atoms with van der Waals surface area (Å²) in [5.74, 6) is 0. The summed E-state index contributed by atoms with van der Waals surface area (Å²) in [6.45, 7) is 3.82. The third kappa shape index (κ3) is 3.58. The van der Waals surface area contributed by atoms with Crippen molar-refractivity contribution in [3.8, 4) is 0 Å². The summed E-state index contributed by atoms with van der Waals surface area (Å²) >= 11 is 1.33. The van der Waals surface area contributed by atoms with Crippen molar-refractivity contribution in [3.63, 3.8) is 0 Å². The van der Waals surface area contributed by atoms with Crippen LogP contribution >= 0.6 is 11.8 Å². The maximum Gasteiger partial charge on any atom is 0.339 e. The third-order valence-corrected chi connectivity index (χ3v) is 3.71. The van der Waals surface area contributed by atoms with Gasteiger partial charge in [-0.3, -0.25) is 19.4 Å². The second-order valence-electron chi connectivity index (χ2n) is 4.23. The van der Waals surface area contributed by atoms with E-state index in [-0.39, 0.29) is 0 Å². The van der Waals surface area contributed by atoms with Gasteiger partial charge in [0.2, 0.25) is 0 Å². The number of aryl methyl sites for hydroxylation is 1. The molecule has 0 radical (unpaired) electrons. The van der Waals surface area contributed by atoms with E-state index < -0.39 is 11.1 Å². The first kappa shape index (κ1) is 14.5. The van der Waals surface area contributed by atoms with Crippen molar-refractivity contribution < 1.29 is 0 Å². The third-order valence-electron chi connectivity index (χ3n) is 2.66. The molecule has 1 aromatic heterocycles. The quantitative estimate of drug-likeness (QED) is 0.794. The van der Waals surface area contributed by atoms with E-state index in [4.69, 9.17) is 0 Å². The van der Waals surface area contributed by atoms with Crippen molar-refractivity contribution in [3.05, 3.63) is 50.5 Å². The van der Waals surface area contributed by atoms with Gasteiger partial charge in [0, 0.05) is 18.5 Å². The van der Waals surface area contributed by atoms with E-state index in [0.29, 0.717) is 5.16 Å². The molecule has 0 aliphatic rings. The molecular weight excluding hydrogens is 276 g/mol. The minimum atomic E-state index is -0.769. The van der Waals surface area contributed by atoms with Gasteiger partial charge in [-0.15, -0.1) is 0 Å². The number of nitrogens with zero attached hydrogens (tertiary/aromatic N) is 2. The molecule has 0 fully saturated rings. The van der Waals surface area contributed by atoms with Crippen LogP contribution in [0.1, 0.15) is 12.5 Å². The van der Waals surface area contributed by atoms with E-state index >= 15 is 0 Å². The SMILES string of the molecule is CCNCc1ccc(Sc2nc(=O)c(=O)[nH]n2C)cc1. The lowest BCUT2D eigenvalue weighted by Crippen LogP contribution is -2.33. The van der Waals surface area contributed by atoms with E-state index in [1.54, 1.807) is 7.05 Å². The molecule has 0 unspecified atom stereocenters. The van der Waals surface area contributed by atoms with Crippen molar-refractivity contribution in [2.45, 2.75) is 23.5 Å². The summed E-state index contributed by atoms with van der Waals surface area (Å²) in [6.07, 6.45) is 0. The van der Waals surface area contributed by atoms with Gasteiger partial charge in [0.1, 0.15) is 0 Å². The van der Waals surface area contributed by atoms with E-state index in [0.717, 1.165) is 18.0 Å². The Morgan fingerprint density at radius 2 is 2.00 bits per heavy atom. The van der Waals surface area contributed by atoms with Crippen LogP contribution in [0, 0.1) is 0 Å². The second-order valence-corrected chi connectivity index (χ2v) is 5.27. The number of benzene rings is 1. The zero-order chi connectivity index (χ0) is 14.5. The molecular formula is C13H16N4O2S. The smallest absolute Gasteiger partial charge is 0.313 e. The van der Waals surface area contributed by atoms with Crippen molar-refractivity contribution in [1.82, 2.24) is 20.1 Å². The van der Waals surface area contributed by atoms with Crippen LogP contribution in [0.5, 0.6) is 0 Å². The van der Waals surface area contributed by atoms with Crippen molar-refractivity contribution in [2.75, 3.05) is 6.54 Å². The Bertz CT molecular complexity index is 691. The molecule has 106 valence electrons. The first-order chi connectivity index (χ1) is 9.60. The molecule has 0 aliphatic heterocycles. The minimum Gasteiger partial charge on any atom is -0.313 e. The van der Waals surface area contributed by atoms with Gasteiger partial charge in [-0.2, -0.15) is 4.98 Å². The van der Waals surface area contributed by atoms with Gasteiger partial charge >= 0.3 is 11.1 Å². The summed E-state index contributed by atoms with van der Waals surface area (Å²) in [7, 11) is 1.65. The second kappa shape index (κ2) is 6.53. The number of H-pyrrole nitrogens is 1. The Morgan fingerprint density at radius 1 is 1.30 bits per heavy atom. The van der Waals surface area contributed by atoms with E-state index in [1.165, 1.54) is 22.0 Å². The first-order valence-corrected chi connectivity index (χ1v) is 7.06. The molecule has 0 bridgehead atoms. The Labute approximate surface area is 120 Å². The predicted molar refractivity (Wildman–Crippen MR) is 78.0 cm³/mol. The molecule has 1 aromatic carbocycles. The van der Waals surface area contributed by atoms with Gasteiger partial charge in [-0.1, -0.05) is 30.8 Å². The number of hydrogen-bond donors (Lipinski definition) is 2. The molecule has 0 atom stereocenters. The molecule has 2 N–H and O–H groups in total. The van der Waals surface area contributed by atoms with Gasteiger partial charge in [0.15, 0.2) is 5.16 Å². The molecule has 6 nitrogen and oxygen atoms in total. The van der Waals surface area contributed by atoms with Crippen LogP contribution in [0.25, 0.3) is 0 Å². The van der Waals surface area contributed by atoms with E-state index in [2.05, 4.69) is 22.3 Å².